The summed E-state index contributed by atoms with van der Waals surface area (Å²) in [5, 5.41) is 26.6. The van der Waals surface area contributed by atoms with Gasteiger partial charge < -0.3 is 48.5 Å². The van der Waals surface area contributed by atoms with E-state index in [9.17, 15) is 0 Å². The first-order valence-electron chi connectivity index (χ1n) is 19.7. The first-order chi connectivity index (χ1) is 26.9. The number of hydrogen-bond donors (Lipinski definition) is 3. The maximum absolute atomic E-state index is 9.10. The highest BCUT2D eigenvalue weighted by atomic mass is 79.9. The highest BCUT2D eigenvalue weighted by molar-refractivity contribution is 9.11. The molecule has 3 N–H and O–H groups in total. The van der Waals surface area contributed by atoms with Crippen LogP contribution in [0.25, 0.3) is 0 Å². The molecule has 0 bridgehead atoms. The van der Waals surface area contributed by atoms with Crippen LogP contribution in [-0.2, 0) is 23.7 Å². The number of rotatable bonds is 11. The van der Waals surface area contributed by atoms with Gasteiger partial charge in [-0.25, -0.2) is 0 Å². The van der Waals surface area contributed by atoms with Crippen LogP contribution < -0.4 is 9.47 Å². The highest BCUT2D eigenvalue weighted by Gasteiger charge is 2.32. The lowest BCUT2D eigenvalue weighted by molar-refractivity contribution is -0.139. The van der Waals surface area contributed by atoms with Crippen molar-refractivity contribution in [2.75, 3.05) is 46.2 Å². The Morgan fingerprint density at radius 3 is 1.53 bits per heavy atom. The number of phenolic OH excluding ortho intramolecular Hbond substituents is 1. The fraction of sp³-hybridized carbons (Fsp3) is 0.591. The maximum atomic E-state index is 9.10. The van der Waals surface area contributed by atoms with Gasteiger partial charge in [0.1, 0.15) is 17.2 Å². The normalized spacial score (nSPS) is 19.3. The van der Waals surface area contributed by atoms with Crippen molar-refractivity contribution >= 4 is 47.8 Å². The van der Waals surface area contributed by atoms with Crippen LogP contribution in [0, 0.1) is 20.8 Å². The Balaban J connectivity index is 0.000000259. The Morgan fingerprint density at radius 1 is 0.702 bits per heavy atom. The van der Waals surface area contributed by atoms with Crippen molar-refractivity contribution < 1.29 is 48.5 Å². The van der Waals surface area contributed by atoms with E-state index in [4.69, 9.17) is 48.5 Å². The predicted molar refractivity (Wildman–Crippen MR) is 236 cm³/mol. The molecular weight excluding hydrogens is 928 g/mol. The van der Waals surface area contributed by atoms with E-state index in [1.807, 2.05) is 90.9 Å². The van der Waals surface area contributed by atoms with Crippen LogP contribution in [0.15, 0.2) is 68.0 Å². The van der Waals surface area contributed by atoms with Gasteiger partial charge in [-0.1, -0.05) is 61.1 Å². The number of aromatic hydroxyl groups is 1. The molecule has 0 radical (unpaired) electrons. The summed E-state index contributed by atoms with van der Waals surface area (Å²) in [6.45, 7) is 20.2. The molecule has 57 heavy (non-hydrogen) atoms. The summed E-state index contributed by atoms with van der Waals surface area (Å²) in [5.74, 6) is 1.21. The predicted octanol–water partition coefficient (Wildman–Crippen LogP) is 10.8. The second-order valence-electron chi connectivity index (χ2n) is 14.9. The van der Waals surface area contributed by atoms with E-state index < -0.39 is 11.9 Å². The summed E-state index contributed by atoms with van der Waals surface area (Å²) in [7, 11) is 0. The Hall–Kier alpha value is -1.78. The van der Waals surface area contributed by atoms with E-state index in [-0.39, 0.29) is 18.5 Å². The zero-order valence-electron chi connectivity index (χ0n) is 35.0. The fourth-order valence-corrected chi connectivity index (χ4v) is 6.14. The molecule has 3 unspecified atom stereocenters. The number of halogens is 3. The summed E-state index contributed by atoms with van der Waals surface area (Å²) in [5.41, 5.74) is 3.33. The van der Waals surface area contributed by atoms with Crippen LogP contribution in [0.3, 0.4) is 0 Å². The molecule has 10 nitrogen and oxygen atoms in total. The summed E-state index contributed by atoms with van der Waals surface area (Å²) in [6.07, 6.45) is 5.90. The number of benzene rings is 3. The Kier molecular flexibility index (Phi) is 24.5. The third-order valence-corrected chi connectivity index (χ3v) is 11.3. The molecule has 13 heteroatoms. The van der Waals surface area contributed by atoms with Crippen LogP contribution in [0.2, 0.25) is 0 Å². The van der Waals surface area contributed by atoms with Gasteiger partial charge in [0.2, 0.25) is 0 Å². The number of phenols is 1. The van der Waals surface area contributed by atoms with Crippen molar-refractivity contribution in [3.8, 4) is 17.2 Å². The molecule has 3 aromatic rings. The molecule has 3 heterocycles. The zero-order valence-corrected chi connectivity index (χ0v) is 39.7. The molecule has 0 aliphatic carbocycles. The van der Waals surface area contributed by atoms with Gasteiger partial charge in [-0.2, -0.15) is 0 Å². The van der Waals surface area contributed by atoms with E-state index in [2.05, 4.69) is 54.7 Å². The molecule has 0 spiro atoms. The lowest BCUT2D eigenvalue weighted by Gasteiger charge is -2.17. The molecule has 6 rings (SSSR count). The van der Waals surface area contributed by atoms with Crippen molar-refractivity contribution in [1.82, 2.24) is 0 Å². The topological polar surface area (TPSA) is 125 Å². The molecule has 0 aromatic heterocycles. The Morgan fingerprint density at radius 2 is 1.16 bits per heavy atom. The van der Waals surface area contributed by atoms with E-state index in [1.54, 1.807) is 12.1 Å². The lowest BCUT2D eigenvalue weighted by Crippen LogP contribution is -2.22. The van der Waals surface area contributed by atoms with Crippen molar-refractivity contribution in [2.45, 2.75) is 124 Å². The minimum atomic E-state index is -0.693. The third-order valence-electron chi connectivity index (χ3n) is 8.61. The van der Waals surface area contributed by atoms with E-state index in [1.165, 1.54) is 24.8 Å². The van der Waals surface area contributed by atoms with Crippen LogP contribution in [0.4, 0.5) is 0 Å². The van der Waals surface area contributed by atoms with Gasteiger partial charge in [0.25, 0.3) is 0 Å². The smallest absolute Gasteiger partial charge is 0.163 e. The largest absolute Gasteiger partial charge is 0.508 e. The van der Waals surface area contributed by atoms with Gasteiger partial charge in [0.05, 0.1) is 51.3 Å². The van der Waals surface area contributed by atoms with Gasteiger partial charge in [0, 0.05) is 39.5 Å². The van der Waals surface area contributed by atoms with Crippen LogP contribution in [-0.4, -0.2) is 91.5 Å². The minimum absolute atomic E-state index is 0.136. The van der Waals surface area contributed by atoms with Crippen LogP contribution >= 0.6 is 47.8 Å². The van der Waals surface area contributed by atoms with Gasteiger partial charge in [0.15, 0.2) is 11.6 Å². The van der Waals surface area contributed by atoms with Crippen LogP contribution in [0.1, 0.15) is 89.8 Å². The monoisotopic (exact) mass is 990 g/mol. The minimum Gasteiger partial charge on any atom is -0.508 e. The zero-order chi connectivity index (χ0) is 42.4. The van der Waals surface area contributed by atoms with Crippen molar-refractivity contribution in [3.63, 3.8) is 0 Å². The number of aliphatic hydroxyl groups is 2. The Bertz CT molecular complexity index is 1560. The highest BCUT2D eigenvalue weighted by Crippen LogP contribution is 2.27. The van der Waals surface area contributed by atoms with Crippen molar-refractivity contribution in [1.29, 1.82) is 0 Å². The van der Waals surface area contributed by atoms with Gasteiger partial charge in [-0.05, 0) is 139 Å². The quantitative estimate of drug-likeness (QED) is 0.171. The molecule has 0 saturated carbocycles. The molecular formula is C44H65Br3O10. The fourth-order valence-electron chi connectivity index (χ4n) is 5.40. The van der Waals surface area contributed by atoms with Gasteiger partial charge in [-0.15, -0.1) is 0 Å². The van der Waals surface area contributed by atoms with Crippen molar-refractivity contribution in [2.24, 2.45) is 0 Å². The van der Waals surface area contributed by atoms with E-state index in [0.717, 1.165) is 68.7 Å². The first kappa shape index (κ1) is 51.4. The summed E-state index contributed by atoms with van der Waals surface area (Å²) >= 11 is 10.2. The molecule has 0 amide bonds. The first-order valence-corrected chi connectivity index (χ1v) is 22.0. The van der Waals surface area contributed by atoms with Gasteiger partial charge >= 0.3 is 0 Å². The lowest BCUT2D eigenvalue weighted by atomic mass is 10.2. The standard InChI is InChI=1S/C14H19BrO3.C11H15BrO3.C8H16O2.C7H7BrO.C4H8O/c1-10-8-11(4-5-13(10)15)16-7-6-12-9-17-14(2,3)18-12;1-8-6-10(2-3-11(8)12)15-5-4-9(14)7-13;1-4-5-7-6-9-8(2,3)10-7;1-5-4-6(9)2-3-7(5)8;1-2-4-5-3-1/h4-5,8,12H,6-7,9H2,1-3H3;2-3,6,9,13-14H,4-5,7H2,1H3;7H,4-6H2,1-3H3;2-4,9H,1H3;1-4H2. The summed E-state index contributed by atoms with van der Waals surface area (Å²) in [6, 6.07) is 16.9. The SMILES string of the molecule is C1CCOC1.CCCC1COC(C)(C)O1.Cc1cc(O)ccc1Br.Cc1cc(OCCC(O)CO)ccc1Br.Cc1cc(OCCC2COC(C)(C)O2)ccc1Br. The number of hydrogen-bond acceptors (Lipinski definition) is 10. The third kappa shape index (κ3) is 22.4. The molecule has 3 aliphatic rings. The van der Waals surface area contributed by atoms with E-state index in [0.29, 0.717) is 38.1 Å². The van der Waals surface area contributed by atoms with Crippen LogP contribution in [0.5, 0.6) is 17.2 Å². The molecule has 322 valence electrons. The summed E-state index contributed by atoms with van der Waals surface area (Å²) in [4.78, 5) is 0. The average molecular weight is 994 g/mol. The van der Waals surface area contributed by atoms with Crippen molar-refractivity contribution in [3.05, 3.63) is 84.7 Å². The van der Waals surface area contributed by atoms with E-state index >= 15 is 0 Å². The summed E-state index contributed by atoms with van der Waals surface area (Å²) < 4.78 is 41.4. The molecule has 3 aromatic carbocycles. The molecule has 3 aliphatic heterocycles. The second kappa shape index (κ2) is 27.1. The maximum Gasteiger partial charge on any atom is 0.163 e. The number of aryl methyl sites for hydroxylation is 3. The Labute approximate surface area is 366 Å². The molecule has 3 fully saturated rings. The number of ether oxygens (including phenoxy) is 7. The molecule has 3 saturated heterocycles. The molecule has 3 atom stereocenters. The average Bonchev–Trinajstić information content (AvgIpc) is 3.93. The second-order valence-corrected chi connectivity index (χ2v) is 17.4. The van der Waals surface area contributed by atoms with Gasteiger partial charge in [-0.3, -0.25) is 0 Å². The number of aliphatic hydroxyl groups excluding tert-OH is 2.